The number of ether oxygens (including phenoxy) is 1. The van der Waals surface area contributed by atoms with Gasteiger partial charge in [0.2, 0.25) is 0 Å². The van der Waals surface area contributed by atoms with Crippen molar-refractivity contribution in [1.82, 2.24) is 0 Å². The van der Waals surface area contributed by atoms with Crippen LogP contribution in [0.5, 0.6) is 0 Å². The monoisotopic (exact) mass is 356 g/mol. The third kappa shape index (κ3) is 8.59. The summed E-state index contributed by atoms with van der Waals surface area (Å²) in [7, 11) is 1.83. The number of unbranched alkanes of at least 4 members (excludes halogenated alkanes) is 3. The standard InChI is InChI=1S/C25H40O/c1-3-4-5-8-11-22-14-16-23(17-15-22)12-9-6-7-10-13-24-18-20-25(26-2)21-19-24/h9-10,12-13,22-25H,3-5,8,11,14-21H2,1-2H3. The van der Waals surface area contributed by atoms with Crippen molar-refractivity contribution in [2.75, 3.05) is 7.11 Å². The predicted octanol–water partition coefficient (Wildman–Crippen LogP) is 7.08. The van der Waals surface area contributed by atoms with E-state index in [1.165, 1.54) is 83.5 Å². The fourth-order valence-electron chi connectivity index (χ4n) is 4.51. The molecule has 0 unspecified atom stereocenters. The summed E-state index contributed by atoms with van der Waals surface area (Å²) in [4.78, 5) is 0. The summed E-state index contributed by atoms with van der Waals surface area (Å²) < 4.78 is 5.43. The maximum Gasteiger partial charge on any atom is 0.0571 e. The van der Waals surface area contributed by atoms with Crippen LogP contribution in [-0.4, -0.2) is 13.2 Å². The molecule has 2 fully saturated rings. The van der Waals surface area contributed by atoms with E-state index in [4.69, 9.17) is 4.74 Å². The van der Waals surface area contributed by atoms with Gasteiger partial charge in [-0.3, -0.25) is 0 Å². The van der Waals surface area contributed by atoms with Gasteiger partial charge < -0.3 is 4.74 Å². The smallest absolute Gasteiger partial charge is 0.0571 e. The van der Waals surface area contributed by atoms with Crippen LogP contribution in [0.4, 0.5) is 0 Å². The van der Waals surface area contributed by atoms with E-state index in [9.17, 15) is 0 Å². The number of hydrogen-bond donors (Lipinski definition) is 0. The molecule has 2 aliphatic rings. The molecule has 0 spiro atoms. The number of hydrogen-bond acceptors (Lipinski definition) is 1. The first kappa shape index (κ1) is 21.3. The highest BCUT2D eigenvalue weighted by molar-refractivity contribution is 5.24. The topological polar surface area (TPSA) is 9.23 Å². The maximum absolute atomic E-state index is 5.43. The molecule has 0 aliphatic heterocycles. The van der Waals surface area contributed by atoms with Crippen molar-refractivity contribution >= 4 is 0 Å². The van der Waals surface area contributed by atoms with E-state index in [2.05, 4.69) is 43.1 Å². The first-order chi connectivity index (χ1) is 12.8. The Hall–Kier alpha value is -1.00. The molecule has 0 aromatic carbocycles. The van der Waals surface area contributed by atoms with Crippen molar-refractivity contribution in [1.29, 1.82) is 0 Å². The van der Waals surface area contributed by atoms with Crippen LogP contribution in [0.15, 0.2) is 24.3 Å². The Morgan fingerprint density at radius 1 is 0.769 bits per heavy atom. The summed E-state index contributed by atoms with van der Waals surface area (Å²) in [6.07, 6.45) is 26.9. The first-order valence-corrected chi connectivity index (χ1v) is 11.2. The third-order valence-electron chi connectivity index (χ3n) is 6.40. The highest BCUT2D eigenvalue weighted by atomic mass is 16.5. The Morgan fingerprint density at radius 2 is 1.35 bits per heavy atom. The van der Waals surface area contributed by atoms with Gasteiger partial charge in [0.05, 0.1) is 6.10 Å². The molecule has 2 aliphatic carbocycles. The van der Waals surface area contributed by atoms with E-state index in [0.29, 0.717) is 12.0 Å². The second-order valence-corrected chi connectivity index (χ2v) is 8.41. The number of allylic oxidation sites excluding steroid dienone is 4. The molecule has 0 heterocycles. The molecule has 26 heavy (non-hydrogen) atoms. The van der Waals surface area contributed by atoms with Crippen LogP contribution in [0, 0.1) is 29.6 Å². The molecule has 2 rings (SSSR count). The molecule has 0 saturated heterocycles. The van der Waals surface area contributed by atoms with Gasteiger partial charge >= 0.3 is 0 Å². The lowest BCUT2D eigenvalue weighted by Gasteiger charge is -2.26. The van der Waals surface area contributed by atoms with Gasteiger partial charge in [-0.2, -0.15) is 0 Å². The summed E-state index contributed by atoms with van der Waals surface area (Å²) in [5.74, 6) is 8.88. The molecule has 0 amide bonds. The Kier molecular flexibility index (Phi) is 10.8. The van der Waals surface area contributed by atoms with E-state index in [-0.39, 0.29) is 0 Å². The SMILES string of the molecule is CCCCCCC1CCC(C=CC#CC=CC2CCC(OC)CC2)CC1. The molecule has 0 aromatic heterocycles. The van der Waals surface area contributed by atoms with Crippen molar-refractivity contribution < 1.29 is 4.74 Å². The van der Waals surface area contributed by atoms with Gasteiger partial charge in [0.25, 0.3) is 0 Å². The predicted molar refractivity (Wildman–Crippen MR) is 113 cm³/mol. The largest absolute Gasteiger partial charge is 0.381 e. The van der Waals surface area contributed by atoms with E-state index < -0.39 is 0 Å². The zero-order valence-corrected chi connectivity index (χ0v) is 17.2. The van der Waals surface area contributed by atoms with Crippen LogP contribution < -0.4 is 0 Å². The minimum atomic E-state index is 0.486. The second kappa shape index (κ2) is 13.2. The Bertz CT molecular complexity index is 462. The van der Waals surface area contributed by atoms with E-state index in [1.54, 1.807) is 0 Å². The van der Waals surface area contributed by atoms with Gasteiger partial charge in [-0.05, 0) is 81.3 Å². The molecule has 0 bridgehead atoms. The van der Waals surface area contributed by atoms with E-state index in [1.807, 2.05) is 7.11 Å². The highest BCUT2D eigenvalue weighted by Crippen LogP contribution is 2.32. The van der Waals surface area contributed by atoms with Crippen molar-refractivity contribution in [3.63, 3.8) is 0 Å². The molecule has 0 N–H and O–H groups in total. The van der Waals surface area contributed by atoms with E-state index >= 15 is 0 Å². The van der Waals surface area contributed by atoms with Crippen molar-refractivity contribution in [3.8, 4) is 11.8 Å². The lowest BCUT2D eigenvalue weighted by atomic mass is 9.79. The van der Waals surface area contributed by atoms with Gasteiger partial charge in [-0.1, -0.05) is 63.0 Å². The minimum absolute atomic E-state index is 0.486. The molecule has 0 radical (unpaired) electrons. The van der Waals surface area contributed by atoms with Crippen LogP contribution in [0.25, 0.3) is 0 Å². The van der Waals surface area contributed by atoms with Crippen molar-refractivity contribution in [2.45, 2.75) is 96.5 Å². The number of methoxy groups -OCH3 is 1. The van der Waals surface area contributed by atoms with Gasteiger partial charge in [-0.25, -0.2) is 0 Å². The molecular weight excluding hydrogens is 316 g/mol. The lowest BCUT2D eigenvalue weighted by Crippen LogP contribution is -2.19. The molecule has 146 valence electrons. The average molecular weight is 357 g/mol. The fraction of sp³-hybridized carbons (Fsp3) is 0.760. The molecule has 2 saturated carbocycles. The normalized spacial score (nSPS) is 29.8. The van der Waals surface area contributed by atoms with Crippen LogP contribution >= 0.6 is 0 Å². The summed E-state index contributed by atoms with van der Waals surface area (Å²) in [5, 5.41) is 0. The summed E-state index contributed by atoms with van der Waals surface area (Å²) >= 11 is 0. The van der Waals surface area contributed by atoms with Crippen LogP contribution in [-0.2, 0) is 4.74 Å². The first-order valence-electron chi connectivity index (χ1n) is 11.2. The molecule has 0 atom stereocenters. The summed E-state index contributed by atoms with van der Waals surface area (Å²) in [5.41, 5.74) is 0. The molecule has 1 nitrogen and oxygen atoms in total. The Labute approximate surface area is 162 Å². The maximum atomic E-state index is 5.43. The fourth-order valence-corrected chi connectivity index (χ4v) is 4.51. The second-order valence-electron chi connectivity index (χ2n) is 8.41. The third-order valence-corrected chi connectivity index (χ3v) is 6.40. The van der Waals surface area contributed by atoms with Gasteiger partial charge in [-0.15, -0.1) is 0 Å². The zero-order valence-electron chi connectivity index (χ0n) is 17.2. The molecule has 1 heteroatoms. The van der Waals surface area contributed by atoms with Crippen molar-refractivity contribution in [2.24, 2.45) is 17.8 Å². The lowest BCUT2D eigenvalue weighted by molar-refractivity contribution is 0.0627. The minimum Gasteiger partial charge on any atom is -0.381 e. The Morgan fingerprint density at radius 3 is 1.88 bits per heavy atom. The highest BCUT2D eigenvalue weighted by Gasteiger charge is 2.19. The Balaban J connectivity index is 1.57. The van der Waals surface area contributed by atoms with E-state index in [0.717, 1.165) is 11.8 Å². The van der Waals surface area contributed by atoms with Gasteiger partial charge in [0.15, 0.2) is 0 Å². The van der Waals surface area contributed by atoms with Crippen LogP contribution in [0.1, 0.15) is 90.4 Å². The van der Waals surface area contributed by atoms with Gasteiger partial charge in [0.1, 0.15) is 0 Å². The van der Waals surface area contributed by atoms with Crippen LogP contribution in [0.3, 0.4) is 0 Å². The zero-order chi connectivity index (χ0) is 18.5. The summed E-state index contributed by atoms with van der Waals surface area (Å²) in [6, 6.07) is 0. The average Bonchev–Trinajstić information content (AvgIpc) is 2.69. The van der Waals surface area contributed by atoms with Gasteiger partial charge in [0, 0.05) is 7.11 Å². The molecular formula is C25H40O. The number of rotatable bonds is 8. The summed E-state index contributed by atoms with van der Waals surface area (Å²) in [6.45, 7) is 2.29. The molecule has 0 aromatic rings. The van der Waals surface area contributed by atoms with Crippen molar-refractivity contribution in [3.05, 3.63) is 24.3 Å². The quantitative estimate of drug-likeness (QED) is 0.333. The van der Waals surface area contributed by atoms with Crippen LogP contribution in [0.2, 0.25) is 0 Å².